The van der Waals surface area contributed by atoms with E-state index >= 15 is 0 Å². The average molecular weight is 303 g/mol. The third kappa shape index (κ3) is 2.61. The van der Waals surface area contributed by atoms with Gasteiger partial charge in [0.05, 0.1) is 22.9 Å². The van der Waals surface area contributed by atoms with E-state index in [2.05, 4.69) is 0 Å². The van der Waals surface area contributed by atoms with Crippen LogP contribution in [-0.2, 0) is 9.84 Å². The highest BCUT2D eigenvalue weighted by atomic mass is 32.2. The van der Waals surface area contributed by atoms with Gasteiger partial charge in [-0.25, -0.2) is 8.42 Å². The summed E-state index contributed by atoms with van der Waals surface area (Å²) in [5, 5.41) is 0. The van der Waals surface area contributed by atoms with Crippen LogP contribution in [0.4, 0.5) is 5.69 Å². The maximum Gasteiger partial charge on any atom is 0.181 e. The topological polar surface area (TPSA) is 69.4 Å². The molecule has 0 bridgehead atoms. The third-order valence-corrected chi connectivity index (χ3v) is 5.60. The van der Waals surface area contributed by atoms with Gasteiger partial charge >= 0.3 is 0 Å². The zero-order valence-corrected chi connectivity index (χ0v) is 12.6. The maximum atomic E-state index is 12.6. The molecule has 0 saturated carbocycles. The highest BCUT2D eigenvalue weighted by Gasteiger charge is 2.30. The fraction of sp³-hybridized carbons (Fsp3) is 0.250. The molecule has 0 saturated heterocycles. The molecular weight excluding hydrogens is 286 g/mol. The van der Waals surface area contributed by atoms with Crippen LogP contribution in [0.2, 0.25) is 0 Å². The Morgan fingerprint density at radius 2 is 2.00 bits per heavy atom. The van der Waals surface area contributed by atoms with Crippen LogP contribution in [0.3, 0.4) is 0 Å². The van der Waals surface area contributed by atoms with Crippen LogP contribution in [0.15, 0.2) is 47.4 Å². The van der Waals surface area contributed by atoms with Crippen LogP contribution in [0, 0.1) is 6.92 Å². The minimum atomic E-state index is -3.44. The second-order valence-corrected chi connectivity index (χ2v) is 7.37. The maximum absolute atomic E-state index is 12.6. The number of benzene rings is 2. The molecule has 0 aliphatic carbocycles. The second-order valence-electron chi connectivity index (χ2n) is 5.37. The van der Waals surface area contributed by atoms with Crippen molar-refractivity contribution in [3.63, 3.8) is 0 Å². The molecule has 0 amide bonds. The molecule has 110 valence electrons. The molecule has 1 heterocycles. The van der Waals surface area contributed by atoms with Crippen molar-refractivity contribution in [3.05, 3.63) is 53.6 Å². The summed E-state index contributed by atoms with van der Waals surface area (Å²) in [7, 11) is -3.44. The van der Waals surface area contributed by atoms with Gasteiger partial charge in [-0.3, -0.25) is 0 Å². The molecule has 3 rings (SSSR count). The van der Waals surface area contributed by atoms with E-state index in [1.54, 1.807) is 18.2 Å². The Morgan fingerprint density at radius 1 is 1.24 bits per heavy atom. The van der Waals surface area contributed by atoms with Gasteiger partial charge < -0.3 is 10.5 Å². The van der Waals surface area contributed by atoms with Crippen molar-refractivity contribution in [1.29, 1.82) is 0 Å². The zero-order chi connectivity index (χ0) is 15.0. The number of hydrogen-bond donors (Lipinski definition) is 1. The summed E-state index contributed by atoms with van der Waals surface area (Å²) < 4.78 is 30.7. The lowest BCUT2D eigenvalue weighted by Gasteiger charge is -2.12. The minimum absolute atomic E-state index is 0.0112. The van der Waals surface area contributed by atoms with Crippen molar-refractivity contribution in [1.82, 2.24) is 0 Å². The normalized spacial score (nSPS) is 17.3. The van der Waals surface area contributed by atoms with Gasteiger partial charge in [-0.05, 0) is 30.7 Å². The molecule has 4 nitrogen and oxygen atoms in total. The highest BCUT2D eigenvalue weighted by Crippen LogP contribution is 2.35. The monoisotopic (exact) mass is 303 g/mol. The average Bonchev–Trinajstić information content (AvgIpc) is 2.81. The number of nitrogen functional groups attached to an aromatic ring is 1. The first-order valence-electron chi connectivity index (χ1n) is 6.78. The molecule has 2 N–H and O–H groups in total. The van der Waals surface area contributed by atoms with Gasteiger partial charge in [0.2, 0.25) is 0 Å². The molecule has 0 radical (unpaired) electrons. The van der Waals surface area contributed by atoms with Gasteiger partial charge in [-0.15, -0.1) is 0 Å². The number of nitrogens with two attached hydrogens (primary N) is 1. The number of ether oxygens (including phenoxy) is 1. The molecule has 1 unspecified atom stereocenters. The second kappa shape index (κ2) is 5.07. The number of fused-ring (bicyclic) bond motifs is 1. The van der Waals surface area contributed by atoms with Crippen LogP contribution in [-0.4, -0.2) is 20.8 Å². The molecule has 2 aromatic rings. The predicted octanol–water partition coefficient (Wildman–Crippen LogP) is 2.53. The molecule has 2 aromatic carbocycles. The number of para-hydroxylation sites is 1. The van der Waals surface area contributed by atoms with Gasteiger partial charge in [0.15, 0.2) is 9.84 Å². The molecule has 1 atom stereocenters. The van der Waals surface area contributed by atoms with Crippen molar-refractivity contribution in [2.45, 2.75) is 17.7 Å². The highest BCUT2D eigenvalue weighted by molar-refractivity contribution is 7.91. The Labute approximate surface area is 124 Å². The van der Waals surface area contributed by atoms with Gasteiger partial charge in [-0.2, -0.15) is 0 Å². The molecule has 0 aromatic heterocycles. The lowest BCUT2D eigenvalue weighted by atomic mass is 10.0. The summed E-state index contributed by atoms with van der Waals surface area (Å²) in [6.07, 6.45) is 0. The van der Waals surface area contributed by atoms with Crippen LogP contribution in [0.5, 0.6) is 5.75 Å². The largest absolute Gasteiger partial charge is 0.493 e. The number of anilines is 1. The van der Waals surface area contributed by atoms with Gasteiger partial charge in [0.25, 0.3) is 0 Å². The van der Waals surface area contributed by atoms with Crippen molar-refractivity contribution in [3.8, 4) is 5.75 Å². The fourth-order valence-corrected chi connectivity index (χ4v) is 4.35. The van der Waals surface area contributed by atoms with E-state index in [4.69, 9.17) is 10.5 Å². The zero-order valence-electron chi connectivity index (χ0n) is 11.7. The van der Waals surface area contributed by atoms with Crippen LogP contribution < -0.4 is 10.5 Å². The Hall–Kier alpha value is -2.01. The summed E-state index contributed by atoms with van der Waals surface area (Å²) in [5.74, 6) is 0.638. The van der Waals surface area contributed by atoms with Gasteiger partial charge in [-0.1, -0.05) is 24.3 Å². The predicted molar refractivity (Wildman–Crippen MR) is 82.3 cm³/mol. The van der Waals surface area contributed by atoms with E-state index in [0.717, 1.165) is 16.9 Å². The number of aryl methyl sites for hydroxylation is 1. The first-order chi connectivity index (χ1) is 9.97. The van der Waals surface area contributed by atoms with E-state index in [1.807, 2.05) is 31.2 Å². The fourth-order valence-electron chi connectivity index (χ4n) is 2.67. The number of sulfone groups is 1. The standard InChI is InChI=1S/C16H17NO3S/c1-11-6-7-16(14(17)8-11)21(18,19)10-12-9-20-15-5-3-2-4-13(12)15/h2-8,12H,9-10,17H2,1H3. The Balaban J connectivity index is 1.91. The minimum Gasteiger partial charge on any atom is -0.493 e. The summed E-state index contributed by atoms with van der Waals surface area (Å²) >= 11 is 0. The lowest BCUT2D eigenvalue weighted by Crippen LogP contribution is -2.17. The van der Waals surface area contributed by atoms with Crippen LogP contribution in [0.1, 0.15) is 17.0 Å². The summed E-state index contributed by atoms with van der Waals surface area (Å²) in [6, 6.07) is 12.6. The van der Waals surface area contributed by atoms with Crippen molar-refractivity contribution >= 4 is 15.5 Å². The summed E-state index contributed by atoms with van der Waals surface area (Å²) in [4.78, 5) is 0.206. The molecule has 21 heavy (non-hydrogen) atoms. The summed E-state index contributed by atoms with van der Waals surface area (Å²) in [5.41, 5.74) is 8.07. The number of rotatable bonds is 3. The Kier molecular flexibility index (Phi) is 3.37. The van der Waals surface area contributed by atoms with Crippen LogP contribution >= 0.6 is 0 Å². The van der Waals surface area contributed by atoms with Gasteiger partial charge in [0.1, 0.15) is 5.75 Å². The van der Waals surface area contributed by atoms with Crippen molar-refractivity contribution in [2.24, 2.45) is 0 Å². The molecular formula is C16H17NO3S. The first-order valence-corrected chi connectivity index (χ1v) is 8.43. The number of hydrogen-bond acceptors (Lipinski definition) is 4. The van der Waals surface area contributed by atoms with E-state index in [1.165, 1.54) is 0 Å². The lowest BCUT2D eigenvalue weighted by molar-refractivity contribution is 0.337. The van der Waals surface area contributed by atoms with Crippen molar-refractivity contribution in [2.75, 3.05) is 18.1 Å². The van der Waals surface area contributed by atoms with E-state index in [9.17, 15) is 8.42 Å². The summed E-state index contributed by atoms with van der Waals surface area (Å²) in [6.45, 7) is 2.28. The molecule has 0 fully saturated rings. The van der Waals surface area contributed by atoms with E-state index < -0.39 is 9.84 Å². The van der Waals surface area contributed by atoms with E-state index in [0.29, 0.717) is 12.3 Å². The first kappa shape index (κ1) is 13.9. The molecule has 1 aliphatic heterocycles. The van der Waals surface area contributed by atoms with Crippen molar-refractivity contribution < 1.29 is 13.2 Å². The Morgan fingerprint density at radius 3 is 2.76 bits per heavy atom. The van der Waals surface area contributed by atoms with Crippen LogP contribution in [0.25, 0.3) is 0 Å². The van der Waals surface area contributed by atoms with E-state index in [-0.39, 0.29) is 16.6 Å². The molecule has 1 aliphatic rings. The smallest absolute Gasteiger partial charge is 0.181 e. The quantitative estimate of drug-likeness (QED) is 0.885. The third-order valence-electron chi connectivity index (χ3n) is 3.72. The molecule has 5 heteroatoms. The van der Waals surface area contributed by atoms with Gasteiger partial charge in [0, 0.05) is 11.5 Å². The molecule has 0 spiro atoms. The SMILES string of the molecule is Cc1ccc(S(=O)(=O)CC2COc3ccccc32)c(N)c1. The Bertz CT molecular complexity index is 784.